The van der Waals surface area contributed by atoms with Crippen LogP contribution in [0.15, 0.2) is 315 Å². The van der Waals surface area contributed by atoms with Gasteiger partial charge in [0.2, 0.25) is 0 Å². The molecule has 2 aliphatic rings. The molecule has 13 aromatic carbocycles. The van der Waals surface area contributed by atoms with E-state index < -0.39 is 0 Å². The third-order valence-electron chi connectivity index (χ3n) is 19.8. The van der Waals surface area contributed by atoms with Crippen LogP contribution in [0, 0.1) is 0 Å². The molecule has 0 radical (unpaired) electrons. The molecule has 0 N–H and O–H groups in total. The summed E-state index contributed by atoms with van der Waals surface area (Å²) in [6.45, 7) is 9.59. The van der Waals surface area contributed by atoms with E-state index >= 15 is 0 Å². The van der Waals surface area contributed by atoms with Crippen molar-refractivity contribution >= 4 is 21.5 Å². The SMILES string of the molecule is CC1(C)c2ccccc2-c2ccc(-c3c4ccc(-c5ccc(-n6c(-c7ccccc7)ccc6-c6ccccc6)cc5)cc4c(-c4ccc5c(c4)C(C)(C)c4ccccc4-5)c4ccc(-c5ccc(-n6c(-c7ccccc7)ccc6-c6ccccc6)cc5)cc34)cc21. The maximum Gasteiger partial charge on any atom is 0.0535 e. The Balaban J connectivity index is 0.879. The number of hydrogen-bond acceptors (Lipinski definition) is 0. The first-order valence-corrected chi connectivity index (χ1v) is 31.6. The van der Waals surface area contributed by atoms with Gasteiger partial charge in [-0.05, 0) is 206 Å². The average molecular weight is 1150 g/mol. The van der Waals surface area contributed by atoms with Gasteiger partial charge >= 0.3 is 0 Å². The lowest BCUT2D eigenvalue weighted by molar-refractivity contribution is 0.660. The Morgan fingerprint density at radius 1 is 0.200 bits per heavy atom. The topological polar surface area (TPSA) is 9.86 Å². The molecule has 0 spiro atoms. The highest BCUT2D eigenvalue weighted by atomic mass is 15.0. The van der Waals surface area contributed by atoms with Gasteiger partial charge in [0.05, 0.1) is 22.8 Å². The summed E-state index contributed by atoms with van der Waals surface area (Å²) in [5, 5.41) is 4.91. The second kappa shape index (κ2) is 20.8. The van der Waals surface area contributed by atoms with Gasteiger partial charge in [-0.3, -0.25) is 0 Å². The van der Waals surface area contributed by atoms with Gasteiger partial charge < -0.3 is 9.13 Å². The van der Waals surface area contributed by atoms with E-state index in [0.29, 0.717) is 0 Å². The molecule has 0 atom stereocenters. The lowest BCUT2D eigenvalue weighted by Gasteiger charge is -2.24. The molecule has 0 bridgehead atoms. The second-order valence-corrected chi connectivity index (χ2v) is 25.6. The van der Waals surface area contributed by atoms with Crippen LogP contribution in [0.4, 0.5) is 0 Å². The minimum atomic E-state index is -0.181. The lowest BCUT2D eigenvalue weighted by atomic mass is 9.79. The van der Waals surface area contributed by atoms with Crippen molar-refractivity contribution in [2.45, 2.75) is 38.5 Å². The zero-order chi connectivity index (χ0) is 60.2. The number of nitrogens with zero attached hydrogens (tertiary/aromatic N) is 2. The number of fused-ring (bicyclic) bond motifs is 8. The fraction of sp³-hybridized carbons (Fsp3) is 0.0682. The zero-order valence-corrected chi connectivity index (χ0v) is 50.9. The number of hydrogen-bond donors (Lipinski definition) is 0. The third kappa shape index (κ3) is 8.47. The standard InChI is InChI=1S/C88H64N2/c1-87(2)77-31-19-17-29-69(77)71-45-39-65(55-79(71)87)85-73-47-37-64(58-35-43-68(44-36-58)90-83(61-25-13-7-14-26-61)51-52-84(90)62-27-15-8-16-28-62)54-76(73)86(66-40-46-72-70-30-18-20-32-78(70)88(3,4)80(72)56-66)74-48-38-63(53-75(74)85)57-33-41-67(42-34-57)89-81(59-21-9-5-10-22-59)49-50-82(89)60-23-11-6-12-24-60/h5-56H,1-4H3. The molecule has 0 fully saturated rings. The Morgan fingerprint density at radius 2 is 0.489 bits per heavy atom. The first-order chi connectivity index (χ1) is 44.2. The molecule has 90 heavy (non-hydrogen) atoms. The van der Waals surface area contributed by atoms with Gasteiger partial charge in [0.1, 0.15) is 0 Å². The van der Waals surface area contributed by atoms with Crippen LogP contribution in [-0.4, -0.2) is 9.13 Å². The summed E-state index contributed by atoms with van der Waals surface area (Å²) in [5.41, 5.74) is 31.6. The van der Waals surface area contributed by atoms with Crippen LogP contribution in [0.25, 0.3) is 145 Å². The molecule has 0 aliphatic heterocycles. The van der Waals surface area contributed by atoms with E-state index in [1.807, 2.05) is 0 Å². The Kier molecular flexibility index (Phi) is 12.3. The molecule has 17 rings (SSSR count). The largest absolute Gasteiger partial charge is 0.309 e. The molecule has 15 aromatic rings. The number of rotatable bonds is 10. The summed E-state index contributed by atoms with van der Waals surface area (Å²) < 4.78 is 4.81. The van der Waals surface area contributed by atoms with Gasteiger partial charge in [-0.1, -0.05) is 270 Å². The first-order valence-electron chi connectivity index (χ1n) is 31.6. The monoisotopic (exact) mass is 1150 g/mol. The van der Waals surface area contributed by atoms with Crippen molar-refractivity contribution in [3.05, 3.63) is 338 Å². The lowest BCUT2D eigenvalue weighted by Crippen LogP contribution is -2.15. The highest BCUT2D eigenvalue weighted by Gasteiger charge is 2.37. The van der Waals surface area contributed by atoms with Crippen LogP contribution < -0.4 is 0 Å². The van der Waals surface area contributed by atoms with E-state index in [2.05, 4.69) is 352 Å². The first kappa shape index (κ1) is 53.2. The van der Waals surface area contributed by atoms with Crippen LogP contribution in [0.2, 0.25) is 0 Å². The fourth-order valence-electron chi connectivity index (χ4n) is 15.3. The maximum atomic E-state index is 2.52. The minimum absolute atomic E-state index is 0.181. The van der Waals surface area contributed by atoms with Gasteiger partial charge in [0, 0.05) is 22.2 Å². The molecule has 0 unspecified atom stereocenters. The smallest absolute Gasteiger partial charge is 0.0535 e. The molecule has 2 nitrogen and oxygen atoms in total. The summed E-state index contributed by atoms with van der Waals surface area (Å²) in [5.74, 6) is 0. The van der Waals surface area contributed by atoms with Crippen LogP contribution in [0.1, 0.15) is 49.9 Å². The Hall–Kier alpha value is -11.1. The van der Waals surface area contributed by atoms with E-state index in [4.69, 9.17) is 0 Å². The van der Waals surface area contributed by atoms with Gasteiger partial charge in [0.25, 0.3) is 0 Å². The normalized spacial score (nSPS) is 13.3. The Morgan fingerprint density at radius 3 is 0.833 bits per heavy atom. The number of benzene rings is 13. The quantitative estimate of drug-likeness (QED) is 0.121. The molecule has 2 heterocycles. The molecular formula is C88H64N2. The van der Waals surface area contributed by atoms with Crippen molar-refractivity contribution in [3.63, 3.8) is 0 Å². The van der Waals surface area contributed by atoms with E-state index in [0.717, 1.165) is 45.3 Å². The molecule has 426 valence electrons. The summed E-state index contributed by atoms with van der Waals surface area (Å²) in [6, 6.07) is 118. The molecular weight excluding hydrogens is 1080 g/mol. The van der Waals surface area contributed by atoms with Crippen LogP contribution in [0.3, 0.4) is 0 Å². The molecule has 0 saturated heterocycles. The van der Waals surface area contributed by atoms with Gasteiger partial charge in [-0.2, -0.15) is 0 Å². The van der Waals surface area contributed by atoms with Crippen molar-refractivity contribution in [3.8, 4) is 123 Å². The fourth-order valence-corrected chi connectivity index (χ4v) is 15.3. The maximum absolute atomic E-state index is 2.52. The third-order valence-corrected chi connectivity index (χ3v) is 19.8. The van der Waals surface area contributed by atoms with E-state index in [-0.39, 0.29) is 10.8 Å². The summed E-state index contributed by atoms with van der Waals surface area (Å²) >= 11 is 0. The van der Waals surface area contributed by atoms with Crippen molar-refractivity contribution < 1.29 is 0 Å². The zero-order valence-electron chi connectivity index (χ0n) is 50.9. The van der Waals surface area contributed by atoms with Crippen molar-refractivity contribution in [2.75, 3.05) is 0 Å². The second-order valence-electron chi connectivity index (χ2n) is 25.6. The van der Waals surface area contributed by atoms with Crippen LogP contribution >= 0.6 is 0 Å². The molecule has 0 amide bonds. The molecule has 2 heteroatoms. The highest BCUT2D eigenvalue weighted by molar-refractivity contribution is 6.23. The highest BCUT2D eigenvalue weighted by Crippen LogP contribution is 2.54. The summed E-state index contributed by atoms with van der Waals surface area (Å²) in [4.78, 5) is 0. The minimum Gasteiger partial charge on any atom is -0.309 e. The van der Waals surface area contributed by atoms with Crippen LogP contribution in [-0.2, 0) is 10.8 Å². The number of aromatic nitrogens is 2. The van der Waals surface area contributed by atoms with Gasteiger partial charge in [-0.25, -0.2) is 0 Å². The van der Waals surface area contributed by atoms with E-state index in [1.165, 1.54) is 122 Å². The Labute approximate surface area is 526 Å². The summed E-state index contributed by atoms with van der Waals surface area (Å²) in [7, 11) is 0. The summed E-state index contributed by atoms with van der Waals surface area (Å²) in [6.07, 6.45) is 0. The van der Waals surface area contributed by atoms with Crippen LogP contribution in [0.5, 0.6) is 0 Å². The van der Waals surface area contributed by atoms with Gasteiger partial charge in [0.15, 0.2) is 0 Å². The Bertz CT molecular complexity index is 4840. The molecule has 2 aliphatic carbocycles. The van der Waals surface area contributed by atoms with Crippen molar-refractivity contribution in [1.29, 1.82) is 0 Å². The molecule has 0 saturated carbocycles. The average Bonchev–Trinajstić information content (AvgIpc) is 1.16. The molecule has 2 aromatic heterocycles. The van der Waals surface area contributed by atoms with E-state index in [1.54, 1.807) is 0 Å². The van der Waals surface area contributed by atoms with E-state index in [9.17, 15) is 0 Å². The van der Waals surface area contributed by atoms with Crippen molar-refractivity contribution in [2.24, 2.45) is 0 Å². The van der Waals surface area contributed by atoms with Crippen molar-refractivity contribution in [1.82, 2.24) is 9.13 Å². The predicted octanol–water partition coefficient (Wildman–Crippen LogP) is 23.5. The predicted molar refractivity (Wildman–Crippen MR) is 379 cm³/mol. The van der Waals surface area contributed by atoms with Gasteiger partial charge in [-0.15, -0.1) is 0 Å².